The van der Waals surface area contributed by atoms with Gasteiger partial charge in [-0.1, -0.05) is 0 Å². The van der Waals surface area contributed by atoms with E-state index in [1.54, 1.807) is 25.3 Å². The number of aryl methyl sites for hydroxylation is 1. The molecule has 0 bridgehead atoms. The minimum atomic E-state index is -3.64. The molecule has 0 radical (unpaired) electrons. The number of benzene rings is 1. The van der Waals surface area contributed by atoms with Crippen LogP contribution in [0.4, 0.5) is 19.0 Å². The second kappa shape index (κ2) is 12.2. The Kier molecular flexibility index (Phi) is 8.74. The van der Waals surface area contributed by atoms with Gasteiger partial charge in [0.05, 0.1) is 25.5 Å². The maximum Gasteiger partial charge on any atom is 0.329 e. The molecule has 1 aliphatic heterocycles. The van der Waals surface area contributed by atoms with E-state index in [1.165, 1.54) is 0 Å². The van der Waals surface area contributed by atoms with Gasteiger partial charge in [-0.3, -0.25) is 10.00 Å². The predicted molar refractivity (Wildman–Crippen MR) is 134 cm³/mol. The number of hydrogen-bond donors (Lipinski definition) is 3. The highest BCUT2D eigenvalue weighted by atomic mass is 19.3. The van der Waals surface area contributed by atoms with E-state index in [4.69, 9.17) is 15.2 Å². The van der Waals surface area contributed by atoms with Gasteiger partial charge >= 0.3 is 5.92 Å². The van der Waals surface area contributed by atoms with Crippen molar-refractivity contribution in [2.45, 2.75) is 25.9 Å². The maximum atomic E-state index is 15.0. The number of nitrogens with one attached hydrogen (secondary N) is 2. The summed E-state index contributed by atoms with van der Waals surface area (Å²) in [5, 5.41) is 6.78. The summed E-state index contributed by atoms with van der Waals surface area (Å²) < 4.78 is 54.3. The van der Waals surface area contributed by atoms with Crippen LogP contribution in [-0.2, 0) is 22.0 Å². The van der Waals surface area contributed by atoms with Crippen molar-refractivity contribution < 1.29 is 22.6 Å². The summed E-state index contributed by atoms with van der Waals surface area (Å²) in [4.78, 5) is 13.6. The second-order valence-corrected chi connectivity index (χ2v) is 8.70. The number of amidine groups is 2. The molecule has 1 aliphatic rings. The molecule has 1 aromatic carbocycles. The lowest BCUT2D eigenvalue weighted by Crippen LogP contribution is -2.37. The monoisotopic (exact) mass is 517 g/mol. The molecule has 12 heteroatoms. The lowest BCUT2D eigenvalue weighted by Gasteiger charge is -2.26. The van der Waals surface area contributed by atoms with E-state index < -0.39 is 23.1 Å². The lowest BCUT2D eigenvalue weighted by atomic mass is 10.1. The molecule has 3 aromatic rings. The van der Waals surface area contributed by atoms with E-state index >= 15 is 0 Å². The molecule has 0 amide bonds. The molecule has 0 atom stereocenters. The van der Waals surface area contributed by atoms with Crippen LogP contribution in [0.1, 0.15) is 28.9 Å². The zero-order valence-corrected chi connectivity index (χ0v) is 20.5. The number of aromatic amines is 2. The maximum absolute atomic E-state index is 15.0. The zero-order valence-electron chi connectivity index (χ0n) is 20.5. The number of aromatic nitrogens is 3. The molecular weight excluding hydrogens is 487 g/mol. The van der Waals surface area contributed by atoms with E-state index in [0.717, 1.165) is 74.8 Å². The number of hydrogen-bond acceptors (Lipinski definition) is 5. The van der Waals surface area contributed by atoms with Crippen molar-refractivity contribution in [2.75, 3.05) is 39.5 Å². The number of aliphatic imine (C=N–C) groups is 2. The first kappa shape index (κ1) is 26.6. The van der Waals surface area contributed by atoms with E-state index in [9.17, 15) is 13.2 Å². The fourth-order valence-corrected chi connectivity index (χ4v) is 3.76. The molecule has 2 aromatic heterocycles. The molecule has 198 valence electrons. The van der Waals surface area contributed by atoms with Crippen molar-refractivity contribution in [3.8, 4) is 0 Å². The van der Waals surface area contributed by atoms with Crippen molar-refractivity contribution in [3.05, 3.63) is 70.9 Å². The third kappa shape index (κ3) is 7.28. The van der Waals surface area contributed by atoms with Crippen molar-refractivity contribution in [3.63, 3.8) is 0 Å². The fraction of sp³-hybridized carbons (Fsp3) is 0.400. The SMILES string of the molecule is Cc1cc(N=C(N=C(N)C(F)(F)c2ccc(F)cc2)c2cc(COCCCN3CCOCC3)c[nH]2)n[nH]1. The smallest absolute Gasteiger partial charge is 0.329 e. The van der Waals surface area contributed by atoms with Crippen LogP contribution in [0.2, 0.25) is 0 Å². The minimum absolute atomic E-state index is 0.0793. The number of halogens is 3. The summed E-state index contributed by atoms with van der Waals surface area (Å²) in [6.07, 6.45) is 2.59. The second-order valence-electron chi connectivity index (χ2n) is 8.70. The van der Waals surface area contributed by atoms with Crippen LogP contribution in [0.3, 0.4) is 0 Å². The first-order chi connectivity index (χ1) is 17.8. The highest BCUT2D eigenvalue weighted by Gasteiger charge is 2.37. The van der Waals surface area contributed by atoms with Crippen molar-refractivity contribution in [1.82, 2.24) is 20.1 Å². The molecule has 37 heavy (non-hydrogen) atoms. The lowest BCUT2D eigenvalue weighted by molar-refractivity contribution is 0.0310. The standard InChI is InChI=1S/C25H30F3N7O2/c1-17-13-22(34-33-17)31-23(32-24(29)25(27,28)19-3-5-20(26)6-4-19)21-14-18(15-30-21)16-37-10-2-7-35-8-11-36-12-9-35/h3-6,13-15,30H,2,7-12,16H2,1H3,(H3,29,31,32,33,34). The number of nitrogens with zero attached hydrogens (tertiary/aromatic N) is 4. The van der Waals surface area contributed by atoms with Gasteiger partial charge in [0.2, 0.25) is 0 Å². The van der Waals surface area contributed by atoms with Gasteiger partial charge < -0.3 is 20.2 Å². The molecule has 4 rings (SSSR count). The molecule has 1 saturated heterocycles. The zero-order chi connectivity index (χ0) is 26.3. The van der Waals surface area contributed by atoms with Gasteiger partial charge in [-0.15, -0.1) is 0 Å². The van der Waals surface area contributed by atoms with Gasteiger partial charge in [0.1, 0.15) is 5.82 Å². The van der Waals surface area contributed by atoms with Crippen LogP contribution in [0.15, 0.2) is 52.6 Å². The Morgan fingerprint density at radius 2 is 1.97 bits per heavy atom. The van der Waals surface area contributed by atoms with Gasteiger partial charge in [0.25, 0.3) is 0 Å². The Labute approximate surface area is 212 Å². The Bertz CT molecular complexity index is 1220. The van der Waals surface area contributed by atoms with Crippen LogP contribution < -0.4 is 5.73 Å². The molecule has 1 fully saturated rings. The highest BCUT2D eigenvalue weighted by molar-refractivity contribution is 6.07. The summed E-state index contributed by atoms with van der Waals surface area (Å²) in [5.74, 6) is -5.09. The predicted octanol–water partition coefficient (Wildman–Crippen LogP) is 3.65. The average Bonchev–Trinajstić information content (AvgIpc) is 3.53. The average molecular weight is 518 g/mol. The van der Waals surface area contributed by atoms with Gasteiger partial charge in [-0.25, -0.2) is 14.4 Å². The first-order valence-corrected chi connectivity index (χ1v) is 12.0. The Morgan fingerprint density at radius 3 is 2.68 bits per heavy atom. The molecule has 0 unspecified atom stereocenters. The number of alkyl halides is 2. The highest BCUT2D eigenvalue weighted by Crippen LogP contribution is 2.29. The number of H-pyrrole nitrogens is 2. The molecule has 0 spiro atoms. The van der Waals surface area contributed by atoms with Gasteiger partial charge in [0, 0.05) is 49.8 Å². The van der Waals surface area contributed by atoms with Crippen LogP contribution >= 0.6 is 0 Å². The quantitative estimate of drug-likeness (QED) is 0.216. The Morgan fingerprint density at radius 1 is 1.22 bits per heavy atom. The van der Waals surface area contributed by atoms with Crippen LogP contribution in [-0.4, -0.2) is 71.2 Å². The molecular formula is C25H30F3N7O2. The van der Waals surface area contributed by atoms with E-state index in [1.807, 2.05) is 0 Å². The largest absolute Gasteiger partial charge is 0.382 e. The van der Waals surface area contributed by atoms with Crippen molar-refractivity contribution >= 4 is 17.5 Å². The summed E-state index contributed by atoms with van der Waals surface area (Å²) in [6, 6.07) is 7.17. The van der Waals surface area contributed by atoms with Crippen LogP contribution in [0.25, 0.3) is 0 Å². The van der Waals surface area contributed by atoms with E-state index in [2.05, 4.69) is 30.1 Å². The van der Waals surface area contributed by atoms with Gasteiger partial charge in [-0.05, 0) is 49.2 Å². The first-order valence-electron chi connectivity index (χ1n) is 12.0. The third-order valence-corrected chi connectivity index (χ3v) is 5.79. The number of morpholine rings is 1. The van der Waals surface area contributed by atoms with Crippen molar-refractivity contribution in [2.24, 2.45) is 15.7 Å². The van der Waals surface area contributed by atoms with E-state index in [0.29, 0.717) is 18.9 Å². The minimum Gasteiger partial charge on any atom is -0.382 e. The number of nitrogens with two attached hydrogens (primary N) is 1. The summed E-state index contributed by atoms with van der Waals surface area (Å²) in [7, 11) is 0. The Balaban J connectivity index is 1.46. The van der Waals surface area contributed by atoms with Gasteiger partial charge in [-0.2, -0.15) is 13.9 Å². The van der Waals surface area contributed by atoms with Crippen LogP contribution in [0, 0.1) is 12.7 Å². The van der Waals surface area contributed by atoms with Crippen molar-refractivity contribution in [1.29, 1.82) is 0 Å². The normalized spacial score (nSPS) is 15.9. The summed E-state index contributed by atoms with van der Waals surface area (Å²) in [6.45, 7) is 7.03. The van der Waals surface area contributed by atoms with E-state index in [-0.39, 0.29) is 11.7 Å². The van der Waals surface area contributed by atoms with Gasteiger partial charge in [0.15, 0.2) is 17.5 Å². The molecule has 4 N–H and O–H groups in total. The molecule has 3 heterocycles. The molecule has 0 saturated carbocycles. The molecule has 0 aliphatic carbocycles. The summed E-state index contributed by atoms with van der Waals surface area (Å²) >= 11 is 0. The molecule has 9 nitrogen and oxygen atoms in total. The summed E-state index contributed by atoms with van der Waals surface area (Å²) in [5.41, 5.74) is 7.17. The third-order valence-electron chi connectivity index (χ3n) is 5.79. The topological polar surface area (TPSA) is 117 Å². The number of ether oxygens (including phenoxy) is 2. The number of rotatable bonds is 10. The van der Waals surface area contributed by atoms with Crippen LogP contribution in [0.5, 0.6) is 0 Å². The Hall–Kier alpha value is -3.48. The fourth-order valence-electron chi connectivity index (χ4n) is 3.76.